The van der Waals surface area contributed by atoms with Crippen LogP contribution in [0.1, 0.15) is 0 Å². The third-order valence-electron chi connectivity index (χ3n) is 2.21. The zero-order valence-electron chi connectivity index (χ0n) is 8.15. The third kappa shape index (κ3) is 2.51. The van der Waals surface area contributed by atoms with E-state index >= 15 is 0 Å². The minimum absolute atomic E-state index is 0.325. The molecular formula is C8H9Br2NO3S2. The minimum atomic E-state index is -3.38. The molecular weight excluding hydrogens is 382 g/mol. The molecule has 0 bridgehead atoms. The Hall–Kier alpha value is 0.530. The van der Waals surface area contributed by atoms with Gasteiger partial charge in [-0.15, -0.1) is 11.3 Å². The fraction of sp³-hybridized carbons (Fsp3) is 0.500. The Morgan fingerprint density at radius 1 is 1.31 bits per heavy atom. The third-order valence-corrected chi connectivity index (χ3v) is 6.87. The molecule has 0 N–H and O–H groups in total. The molecule has 0 radical (unpaired) electrons. The molecule has 1 aliphatic rings. The molecule has 8 heteroatoms. The number of nitrogens with zero attached hydrogens (tertiary/aromatic N) is 1. The maximum absolute atomic E-state index is 12.2. The second-order valence-electron chi connectivity index (χ2n) is 3.20. The lowest BCUT2D eigenvalue weighted by Gasteiger charge is -2.25. The van der Waals surface area contributed by atoms with E-state index in [1.54, 1.807) is 6.07 Å². The van der Waals surface area contributed by atoms with Crippen LogP contribution in [-0.2, 0) is 14.8 Å². The highest BCUT2D eigenvalue weighted by Crippen LogP contribution is 2.36. The smallest absolute Gasteiger partial charge is 0.245 e. The summed E-state index contributed by atoms with van der Waals surface area (Å²) in [4.78, 5) is 0.325. The van der Waals surface area contributed by atoms with Gasteiger partial charge >= 0.3 is 0 Å². The standard InChI is InChI=1S/C8H9Br2NO3S2/c9-7-5-6(8(10)15-7)16(12,13)11-1-3-14-4-2-11/h5H,1-4H2. The number of rotatable bonds is 2. The molecule has 0 atom stereocenters. The Labute approximate surface area is 115 Å². The van der Waals surface area contributed by atoms with E-state index < -0.39 is 10.0 Å². The Morgan fingerprint density at radius 3 is 2.44 bits per heavy atom. The first-order valence-corrected chi connectivity index (χ1v) is 8.39. The summed E-state index contributed by atoms with van der Waals surface area (Å²) < 4.78 is 32.5. The molecule has 16 heavy (non-hydrogen) atoms. The predicted molar refractivity (Wildman–Crippen MR) is 69.3 cm³/mol. The van der Waals surface area contributed by atoms with Crippen LogP contribution in [0.25, 0.3) is 0 Å². The number of sulfonamides is 1. The highest BCUT2D eigenvalue weighted by atomic mass is 79.9. The Kier molecular flexibility index (Phi) is 4.08. The van der Waals surface area contributed by atoms with Gasteiger partial charge in [0.15, 0.2) is 0 Å². The first-order valence-electron chi connectivity index (χ1n) is 4.54. The van der Waals surface area contributed by atoms with Crippen LogP contribution < -0.4 is 0 Å². The van der Waals surface area contributed by atoms with Gasteiger partial charge in [0.1, 0.15) is 4.90 Å². The van der Waals surface area contributed by atoms with Crippen molar-refractivity contribution in [1.82, 2.24) is 4.31 Å². The first-order chi connectivity index (χ1) is 7.51. The van der Waals surface area contributed by atoms with E-state index in [1.165, 1.54) is 15.6 Å². The Morgan fingerprint density at radius 2 is 1.94 bits per heavy atom. The van der Waals surface area contributed by atoms with Gasteiger partial charge in [-0.1, -0.05) is 0 Å². The van der Waals surface area contributed by atoms with E-state index in [9.17, 15) is 8.42 Å². The van der Waals surface area contributed by atoms with E-state index in [4.69, 9.17) is 4.74 Å². The molecule has 2 heterocycles. The molecule has 0 amide bonds. The highest BCUT2D eigenvalue weighted by molar-refractivity contribution is 9.12. The highest BCUT2D eigenvalue weighted by Gasteiger charge is 2.29. The van der Waals surface area contributed by atoms with Crippen molar-refractivity contribution in [3.8, 4) is 0 Å². The summed E-state index contributed by atoms with van der Waals surface area (Å²) in [6.07, 6.45) is 0. The zero-order valence-corrected chi connectivity index (χ0v) is 13.0. The lowest BCUT2D eigenvalue weighted by molar-refractivity contribution is 0.0730. The van der Waals surface area contributed by atoms with Gasteiger partial charge in [-0.3, -0.25) is 0 Å². The molecule has 0 aliphatic carbocycles. The van der Waals surface area contributed by atoms with Crippen molar-refractivity contribution >= 4 is 53.2 Å². The summed E-state index contributed by atoms with van der Waals surface area (Å²) >= 11 is 7.91. The van der Waals surface area contributed by atoms with Crippen LogP contribution in [0.15, 0.2) is 18.5 Å². The summed E-state index contributed by atoms with van der Waals surface area (Å²) in [7, 11) is -3.38. The quantitative estimate of drug-likeness (QED) is 0.778. The van der Waals surface area contributed by atoms with Gasteiger partial charge in [-0.05, 0) is 37.9 Å². The fourth-order valence-electron chi connectivity index (χ4n) is 1.43. The molecule has 1 aromatic heterocycles. The van der Waals surface area contributed by atoms with Gasteiger partial charge in [0, 0.05) is 13.1 Å². The first kappa shape index (κ1) is 13.0. The normalized spacial score (nSPS) is 18.9. The summed E-state index contributed by atoms with van der Waals surface area (Å²) in [6, 6.07) is 1.62. The van der Waals surface area contributed by atoms with Crippen LogP contribution >= 0.6 is 43.2 Å². The monoisotopic (exact) mass is 389 g/mol. The molecule has 0 saturated carbocycles. The lowest BCUT2D eigenvalue weighted by Crippen LogP contribution is -2.40. The number of thiophene rings is 1. The molecule has 0 spiro atoms. The van der Waals surface area contributed by atoms with E-state index in [0.717, 1.165) is 3.79 Å². The van der Waals surface area contributed by atoms with Gasteiger partial charge in [-0.2, -0.15) is 4.31 Å². The zero-order chi connectivity index (χ0) is 11.8. The Bertz CT molecular complexity index is 479. The number of hydrogen-bond donors (Lipinski definition) is 0. The topological polar surface area (TPSA) is 46.6 Å². The average Bonchev–Trinajstić information content (AvgIpc) is 2.60. The van der Waals surface area contributed by atoms with Gasteiger partial charge in [0.2, 0.25) is 10.0 Å². The van der Waals surface area contributed by atoms with Crippen LogP contribution in [0, 0.1) is 0 Å². The number of morpholine rings is 1. The van der Waals surface area contributed by atoms with E-state index in [1.807, 2.05) is 0 Å². The van der Waals surface area contributed by atoms with Gasteiger partial charge in [0.25, 0.3) is 0 Å². The predicted octanol–water partition coefficient (Wildman–Crippen LogP) is 2.29. The molecule has 1 aliphatic heterocycles. The summed E-state index contributed by atoms with van der Waals surface area (Å²) in [6.45, 7) is 1.76. The Balaban J connectivity index is 2.34. The summed E-state index contributed by atoms with van der Waals surface area (Å²) in [5, 5.41) is 0. The van der Waals surface area contributed by atoms with Crippen molar-refractivity contribution in [1.29, 1.82) is 0 Å². The van der Waals surface area contributed by atoms with Gasteiger partial charge < -0.3 is 4.74 Å². The molecule has 1 saturated heterocycles. The van der Waals surface area contributed by atoms with Crippen molar-refractivity contribution in [2.75, 3.05) is 26.3 Å². The van der Waals surface area contributed by atoms with Gasteiger partial charge in [-0.25, -0.2) is 8.42 Å². The van der Waals surface area contributed by atoms with Crippen LogP contribution in [0.4, 0.5) is 0 Å². The number of halogens is 2. The van der Waals surface area contributed by atoms with Gasteiger partial charge in [0.05, 0.1) is 20.8 Å². The largest absolute Gasteiger partial charge is 0.379 e. The van der Waals surface area contributed by atoms with E-state index in [-0.39, 0.29) is 0 Å². The lowest BCUT2D eigenvalue weighted by atomic mass is 10.5. The second-order valence-corrected chi connectivity index (χ2v) is 8.86. The summed E-state index contributed by atoms with van der Waals surface area (Å²) in [5.74, 6) is 0. The maximum Gasteiger partial charge on any atom is 0.245 e. The van der Waals surface area contributed by atoms with Crippen molar-refractivity contribution in [3.63, 3.8) is 0 Å². The fourth-order valence-corrected chi connectivity index (χ4v) is 6.60. The van der Waals surface area contributed by atoms with Crippen LogP contribution in [0.2, 0.25) is 0 Å². The molecule has 90 valence electrons. The van der Waals surface area contributed by atoms with Crippen molar-refractivity contribution < 1.29 is 13.2 Å². The number of ether oxygens (including phenoxy) is 1. The van der Waals surface area contributed by atoms with Crippen LogP contribution in [0.5, 0.6) is 0 Å². The minimum Gasteiger partial charge on any atom is -0.379 e. The van der Waals surface area contributed by atoms with E-state index in [0.29, 0.717) is 35.0 Å². The van der Waals surface area contributed by atoms with Crippen molar-refractivity contribution in [2.24, 2.45) is 0 Å². The second kappa shape index (κ2) is 5.03. The molecule has 1 fully saturated rings. The molecule has 2 rings (SSSR count). The number of hydrogen-bond acceptors (Lipinski definition) is 4. The SMILES string of the molecule is O=S(=O)(c1cc(Br)sc1Br)N1CCOCC1. The van der Waals surface area contributed by atoms with Crippen molar-refractivity contribution in [2.45, 2.75) is 4.90 Å². The van der Waals surface area contributed by atoms with Crippen LogP contribution in [0.3, 0.4) is 0 Å². The van der Waals surface area contributed by atoms with Crippen LogP contribution in [-0.4, -0.2) is 39.0 Å². The average molecular weight is 391 g/mol. The molecule has 0 aromatic carbocycles. The molecule has 1 aromatic rings. The molecule has 4 nitrogen and oxygen atoms in total. The van der Waals surface area contributed by atoms with E-state index in [2.05, 4.69) is 31.9 Å². The summed E-state index contributed by atoms with van der Waals surface area (Å²) in [5.41, 5.74) is 0. The molecule has 0 unspecified atom stereocenters. The van der Waals surface area contributed by atoms with Crippen molar-refractivity contribution in [3.05, 3.63) is 13.6 Å². The maximum atomic E-state index is 12.2.